The van der Waals surface area contributed by atoms with Crippen LogP contribution in [0.15, 0.2) is 0 Å². The number of rotatable bonds is 10. The van der Waals surface area contributed by atoms with Crippen LogP contribution in [0.3, 0.4) is 0 Å². The molecule has 1 heterocycles. The molecule has 0 aromatic carbocycles. The lowest BCUT2D eigenvalue weighted by Crippen LogP contribution is -2.38. The van der Waals surface area contributed by atoms with Crippen LogP contribution in [0.1, 0.15) is 52.4 Å². The Morgan fingerprint density at radius 1 is 1.27 bits per heavy atom. The summed E-state index contributed by atoms with van der Waals surface area (Å²) < 4.78 is 21.1. The number of carbonyl (C=O) groups is 1. The van der Waals surface area contributed by atoms with Crippen LogP contribution in [-0.4, -0.2) is 52.7 Å². The second-order valence-electron chi connectivity index (χ2n) is 5.58. The summed E-state index contributed by atoms with van der Waals surface area (Å²) in [6, 6.07) is -0.380. The molecule has 22 heavy (non-hydrogen) atoms. The summed E-state index contributed by atoms with van der Waals surface area (Å²) in [5, 5.41) is 9.75. The van der Waals surface area contributed by atoms with E-state index in [0.717, 1.165) is 25.7 Å². The van der Waals surface area contributed by atoms with Gasteiger partial charge in [0, 0.05) is 13.0 Å². The Hall–Kier alpha value is -0.460. The molecule has 2 N–H and O–H groups in total. The normalized spacial score (nSPS) is 24.5. The fraction of sp³-hybridized carbons (Fsp3) is 0.929. The second-order valence-corrected chi connectivity index (χ2v) is 7.04. The maximum absolute atomic E-state index is 12.2. The van der Waals surface area contributed by atoms with Crippen LogP contribution in [-0.2, 0) is 18.4 Å². The van der Waals surface area contributed by atoms with Crippen LogP contribution in [0.25, 0.3) is 0 Å². The van der Waals surface area contributed by atoms with E-state index in [1.807, 2.05) is 0 Å². The number of phosphoric ester groups is 1. The van der Waals surface area contributed by atoms with Crippen molar-refractivity contribution in [3.8, 4) is 0 Å². The van der Waals surface area contributed by atoms with Gasteiger partial charge in [0.1, 0.15) is 0 Å². The molecule has 0 spiro atoms. The molecule has 3 atom stereocenters. The van der Waals surface area contributed by atoms with Crippen LogP contribution in [0.4, 0.5) is 0 Å². The van der Waals surface area contributed by atoms with Crippen molar-refractivity contribution in [1.82, 2.24) is 4.90 Å². The molecular weight excluding hydrogens is 309 g/mol. The van der Waals surface area contributed by atoms with E-state index in [1.165, 1.54) is 0 Å². The van der Waals surface area contributed by atoms with Crippen molar-refractivity contribution in [1.29, 1.82) is 0 Å². The molecule has 1 rings (SSSR count). The zero-order valence-electron chi connectivity index (χ0n) is 13.4. The number of carbonyl (C=O) groups excluding carboxylic acids is 1. The molecule has 1 amide bonds. The van der Waals surface area contributed by atoms with Gasteiger partial charge >= 0.3 is 7.82 Å². The molecule has 0 aliphatic carbocycles. The molecule has 0 saturated carbocycles. The Bertz CT molecular complexity index is 392. The van der Waals surface area contributed by atoms with Crippen molar-refractivity contribution < 1.29 is 28.4 Å². The minimum atomic E-state index is -4.07. The summed E-state index contributed by atoms with van der Waals surface area (Å²) >= 11 is 0. The number of amides is 1. The second kappa shape index (κ2) is 9.63. The van der Waals surface area contributed by atoms with Crippen LogP contribution in [0.5, 0.6) is 0 Å². The quantitative estimate of drug-likeness (QED) is 0.468. The van der Waals surface area contributed by atoms with Crippen molar-refractivity contribution in [2.75, 3.05) is 19.8 Å². The van der Waals surface area contributed by atoms with Gasteiger partial charge in [0.15, 0.2) is 0 Å². The van der Waals surface area contributed by atoms with Crippen LogP contribution >= 0.6 is 7.82 Å². The fourth-order valence-corrected chi connectivity index (χ4v) is 3.34. The number of aliphatic hydroxyl groups excluding tert-OH is 1. The van der Waals surface area contributed by atoms with Gasteiger partial charge in [-0.05, 0) is 19.8 Å². The number of unbranched alkanes of at least 4 members (excludes halogenated alkanes) is 3. The molecule has 0 bridgehead atoms. The Morgan fingerprint density at radius 3 is 2.64 bits per heavy atom. The molecule has 7 nitrogen and oxygen atoms in total. The van der Waals surface area contributed by atoms with Crippen LogP contribution in [0, 0.1) is 0 Å². The smallest absolute Gasteiger partial charge is 0.391 e. The van der Waals surface area contributed by atoms with Gasteiger partial charge in [-0.25, -0.2) is 4.57 Å². The average Bonchev–Trinajstić information content (AvgIpc) is 2.82. The summed E-state index contributed by atoms with van der Waals surface area (Å²) in [4.78, 5) is 23.2. The Kier molecular flexibility index (Phi) is 8.57. The van der Waals surface area contributed by atoms with E-state index in [0.29, 0.717) is 12.8 Å². The molecular formula is C14H28NO6P. The molecule has 2 unspecified atom stereocenters. The number of β-amino-alcohol motifs (C(OH)–C–C–N with tert-alkyl or cyclic N) is 1. The van der Waals surface area contributed by atoms with Crippen molar-refractivity contribution in [3.63, 3.8) is 0 Å². The maximum Gasteiger partial charge on any atom is 0.472 e. The Morgan fingerprint density at radius 2 is 2.00 bits per heavy atom. The predicted molar refractivity (Wildman–Crippen MR) is 82.3 cm³/mol. The maximum atomic E-state index is 12.2. The first-order chi connectivity index (χ1) is 10.4. The lowest BCUT2D eigenvalue weighted by molar-refractivity contribution is -0.133. The van der Waals surface area contributed by atoms with Gasteiger partial charge in [-0.2, -0.15) is 0 Å². The van der Waals surface area contributed by atoms with E-state index < -0.39 is 13.9 Å². The van der Waals surface area contributed by atoms with Crippen LogP contribution in [0.2, 0.25) is 0 Å². The minimum absolute atomic E-state index is 0.0366. The third-order valence-corrected chi connectivity index (χ3v) is 4.74. The molecule has 1 aliphatic heterocycles. The highest BCUT2D eigenvalue weighted by atomic mass is 31.2. The van der Waals surface area contributed by atoms with Crippen molar-refractivity contribution in [2.45, 2.75) is 64.5 Å². The van der Waals surface area contributed by atoms with Gasteiger partial charge in [-0.15, -0.1) is 0 Å². The number of nitrogens with zero attached hydrogens (tertiary/aromatic N) is 1. The first-order valence-electron chi connectivity index (χ1n) is 7.99. The van der Waals surface area contributed by atoms with Gasteiger partial charge in [0.2, 0.25) is 5.91 Å². The van der Waals surface area contributed by atoms with Gasteiger partial charge in [0.05, 0.1) is 25.4 Å². The number of phosphoric acid groups is 1. The summed E-state index contributed by atoms with van der Waals surface area (Å²) in [7, 11) is -4.07. The lowest BCUT2D eigenvalue weighted by Gasteiger charge is -2.25. The highest BCUT2D eigenvalue weighted by Crippen LogP contribution is 2.43. The van der Waals surface area contributed by atoms with Gasteiger partial charge in [-0.1, -0.05) is 26.2 Å². The minimum Gasteiger partial charge on any atom is -0.391 e. The summed E-state index contributed by atoms with van der Waals surface area (Å²) in [6.07, 6.45) is 4.22. The zero-order chi connectivity index (χ0) is 16.6. The molecule has 0 radical (unpaired) electrons. The number of hydrogen-bond donors (Lipinski definition) is 2. The van der Waals surface area contributed by atoms with Crippen molar-refractivity contribution >= 4 is 13.7 Å². The summed E-state index contributed by atoms with van der Waals surface area (Å²) in [5.41, 5.74) is 0. The van der Waals surface area contributed by atoms with Crippen molar-refractivity contribution in [3.05, 3.63) is 0 Å². The zero-order valence-corrected chi connectivity index (χ0v) is 14.3. The number of likely N-dealkylation sites (tertiary alicyclic amines) is 1. The van der Waals surface area contributed by atoms with E-state index >= 15 is 0 Å². The molecule has 8 heteroatoms. The largest absolute Gasteiger partial charge is 0.472 e. The molecule has 0 aromatic rings. The van der Waals surface area contributed by atoms with E-state index in [-0.39, 0.29) is 31.7 Å². The predicted octanol–water partition coefficient (Wildman–Crippen LogP) is 2.07. The topological polar surface area (TPSA) is 96.3 Å². The molecule has 1 saturated heterocycles. The number of aliphatic hydroxyl groups is 1. The standard InChI is InChI=1S/C14H28NO6P/c1-3-5-6-7-8-14(17)15-10-13(16)9-12(15)11-21-22(18,19)20-4-2/h12-13,16H,3-11H2,1-2H3,(H,18,19)/t12?,13-/m1/s1. The average molecular weight is 337 g/mol. The summed E-state index contributed by atoms with van der Waals surface area (Å²) in [6.45, 7) is 3.92. The molecule has 130 valence electrons. The SMILES string of the molecule is CCCCCCC(=O)N1C[C@H](O)CC1COP(=O)(O)OCC. The Labute approximate surface area is 132 Å². The van der Waals surface area contributed by atoms with Gasteiger partial charge in [0.25, 0.3) is 0 Å². The highest BCUT2D eigenvalue weighted by Gasteiger charge is 2.35. The van der Waals surface area contributed by atoms with E-state index in [1.54, 1.807) is 11.8 Å². The third kappa shape index (κ3) is 6.75. The van der Waals surface area contributed by atoms with Gasteiger partial charge < -0.3 is 14.9 Å². The Balaban J connectivity index is 2.46. The monoisotopic (exact) mass is 337 g/mol. The first kappa shape index (κ1) is 19.6. The third-order valence-electron chi connectivity index (χ3n) is 3.68. The molecule has 1 aliphatic rings. The fourth-order valence-electron chi connectivity index (χ4n) is 2.58. The van der Waals surface area contributed by atoms with Crippen LogP contribution < -0.4 is 0 Å². The van der Waals surface area contributed by atoms with E-state index in [2.05, 4.69) is 11.4 Å². The highest BCUT2D eigenvalue weighted by molar-refractivity contribution is 7.47. The van der Waals surface area contributed by atoms with E-state index in [4.69, 9.17) is 4.52 Å². The van der Waals surface area contributed by atoms with Crippen molar-refractivity contribution in [2.24, 2.45) is 0 Å². The molecule has 1 fully saturated rings. The lowest BCUT2D eigenvalue weighted by atomic mass is 10.1. The number of hydrogen-bond acceptors (Lipinski definition) is 5. The first-order valence-corrected chi connectivity index (χ1v) is 9.48. The van der Waals surface area contributed by atoms with E-state index in [9.17, 15) is 19.4 Å². The summed E-state index contributed by atoms with van der Waals surface area (Å²) in [5.74, 6) is -0.0366. The van der Waals surface area contributed by atoms with Gasteiger partial charge in [-0.3, -0.25) is 13.8 Å². The molecule has 0 aromatic heterocycles.